The van der Waals surface area contributed by atoms with Crippen molar-refractivity contribution in [1.82, 2.24) is 9.97 Å². The Balaban J connectivity index is 2.28. The van der Waals surface area contributed by atoms with Gasteiger partial charge in [-0.05, 0) is 18.2 Å². The van der Waals surface area contributed by atoms with Crippen LogP contribution in [0.4, 0.5) is 13.2 Å². The Bertz CT molecular complexity index is 825. The summed E-state index contributed by atoms with van der Waals surface area (Å²) in [6.07, 6.45) is -12.3. The van der Waals surface area contributed by atoms with E-state index in [2.05, 4.69) is 9.97 Å². The van der Waals surface area contributed by atoms with Crippen LogP contribution in [0.1, 0.15) is 11.3 Å². The minimum absolute atomic E-state index is 0.0326. The van der Waals surface area contributed by atoms with Crippen LogP contribution in [0.2, 0.25) is 0 Å². The lowest BCUT2D eigenvalue weighted by atomic mass is 10.00. The third-order valence-corrected chi connectivity index (χ3v) is 3.82. The predicted molar refractivity (Wildman–Crippen MR) is 82.2 cm³/mol. The Morgan fingerprint density at radius 2 is 1.69 bits per heavy atom. The number of hydrogen-bond acceptors (Lipinski definition) is 7. The molecule has 0 aliphatic rings. The van der Waals surface area contributed by atoms with Gasteiger partial charge in [0, 0.05) is 6.42 Å². The molecule has 0 saturated carbocycles. The second-order valence-corrected chi connectivity index (χ2v) is 5.74. The summed E-state index contributed by atoms with van der Waals surface area (Å²) < 4.78 is 38.1. The number of halogens is 3. The van der Waals surface area contributed by atoms with Crippen molar-refractivity contribution in [2.45, 2.75) is 37.0 Å². The number of aliphatic hydroxyl groups is 5. The van der Waals surface area contributed by atoms with Crippen molar-refractivity contribution in [1.29, 1.82) is 0 Å². The number of hydrogen-bond donors (Lipinski definition) is 6. The number of alkyl halides is 3. The van der Waals surface area contributed by atoms with Gasteiger partial charge in [-0.25, -0.2) is 4.98 Å². The maximum atomic E-state index is 12.7. The highest BCUT2D eigenvalue weighted by molar-refractivity contribution is 5.75. The van der Waals surface area contributed by atoms with Crippen molar-refractivity contribution >= 4 is 11.0 Å². The number of H-pyrrole nitrogens is 1. The molecule has 2 aromatic rings. The molecule has 0 amide bonds. The van der Waals surface area contributed by atoms with Crippen LogP contribution in [0.15, 0.2) is 23.0 Å². The smallest absolute Gasteiger partial charge is 0.394 e. The van der Waals surface area contributed by atoms with Crippen LogP contribution >= 0.6 is 0 Å². The Hall–Kier alpha value is -2.05. The first-order valence-electron chi connectivity index (χ1n) is 7.48. The molecule has 1 aromatic heterocycles. The standard InChI is InChI=1S/C15H17F3N2O6/c16-15(17,18)6-1-2-7-8(3-6)20-14(26)9(19-7)4-10(22)12(24)13(25)11(23)5-21/h1-3,10-13,21-25H,4-5H2,(H,20,26)/t10?,11-,12-,13?/m1/s1. The monoisotopic (exact) mass is 378 g/mol. The van der Waals surface area contributed by atoms with E-state index < -0.39 is 54.7 Å². The van der Waals surface area contributed by atoms with E-state index in [4.69, 9.17) is 5.11 Å². The molecule has 6 N–H and O–H groups in total. The fraction of sp³-hybridized carbons (Fsp3) is 0.467. The van der Waals surface area contributed by atoms with Crippen LogP contribution in [0.5, 0.6) is 0 Å². The maximum Gasteiger partial charge on any atom is 0.416 e. The van der Waals surface area contributed by atoms with Crippen molar-refractivity contribution in [3.8, 4) is 0 Å². The van der Waals surface area contributed by atoms with Crippen LogP contribution < -0.4 is 5.56 Å². The Morgan fingerprint density at radius 3 is 2.27 bits per heavy atom. The number of aromatic nitrogens is 2. The number of nitrogens with zero attached hydrogens (tertiary/aromatic N) is 1. The van der Waals surface area contributed by atoms with Gasteiger partial charge in [0.05, 0.1) is 29.3 Å². The second kappa shape index (κ2) is 7.68. The Morgan fingerprint density at radius 1 is 1.08 bits per heavy atom. The van der Waals surface area contributed by atoms with Gasteiger partial charge < -0.3 is 30.5 Å². The number of rotatable bonds is 6. The first-order valence-corrected chi connectivity index (χ1v) is 7.48. The Labute approximate surface area is 144 Å². The average Bonchev–Trinajstić information content (AvgIpc) is 2.58. The summed E-state index contributed by atoms with van der Waals surface area (Å²) in [6, 6.07) is 2.55. The predicted octanol–water partition coefficient (Wildman–Crippen LogP) is -1.08. The van der Waals surface area contributed by atoms with Crippen LogP contribution in [-0.4, -0.2) is 66.5 Å². The highest BCUT2D eigenvalue weighted by Gasteiger charge is 2.32. The molecule has 26 heavy (non-hydrogen) atoms. The lowest BCUT2D eigenvalue weighted by Gasteiger charge is -2.25. The summed E-state index contributed by atoms with van der Waals surface area (Å²) >= 11 is 0. The molecule has 0 spiro atoms. The largest absolute Gasteiger partial charge is 0.416 e. The van der Waals surface area contributed by atoms with E-state index >= 15 is 0 Å². The van der Waals surface area contributed by atoms with Gasteiger partial charge >= 0.3 is 6.18 Å². The average molecular weight is 378 g/mol. The summed E-state index contributed by atoms with van der Waals surface area (Å²) in [5, 5.41) is 47.2. The lowest BCUT2D eigenvalue weighted by molar-refractivity contribution is -0.137. The van der Waals surface area contributed by atoms with Gasteiger partial charge in [0.25, 0.3) is 5.56 Å². The van der Waals surface area contributed by atoms with Gasteiger partial charge in [-0.2, -0.15) is 13.2 Å². The molecule has 1 heterocycles. The van der Waals surface area contributed by atoms with Crippen LogP contribution in [-0.2, 0) is 12.6 Å². The molecular weight excluding hydrogens is 361 g/mol. The van der Waals surface area contributed by atoms with E-state index in [1.54, 1.807) is 0 Å². The lowest BCUT2D eigenvalue weighted by Crippen LogP contribution is -2.47. The molecule has 11 heteroatoms. The van der Waals surface area contributed by atoms with E-state index in [1.807, 2.05) is 0 Å². The van der Waals surface area contributed by atoms with E-state index in [0.29, 0.717) is 0 Å². The maximum absolute atomic E-state index is 12.7. The molecule has 0 radical (unpaired) electrons. The molecule has 2 unspecified atom stereocenters. The van der Waals surface area contributed by atoms with Gasteiger partial charge in [0.2, 0.25) is 0 Å². The number of benzene rings is 1. The van der Waals surface area contributed by atoms with Crippen molar-refractivity contribution in [3.63, 3.8) is 0 Å². The number of aliphatic hydroxyl groups excluding tert-OH is 5. The topological polar surface area (TPSA) is 147 Å². The first-order chi connectivity index (χ1) is 12.0. The second-order valence-electron chi connectivity index (χ2n) is 5.74. The van der Waals surface area contributed by atoms with Gasteiger partial charge in [0.15, 0.2) is 0 Å². The van der Waals surface area contributed by atoms with E-state index in [1.165, 1.54) is 0 Å². The zero-order valence-electron chi connectivity index (χ0n) is 13.2. The normalized spacial score (nSPS) is 17.1. The minimum Gasteiger partial charge on any atom is -0.394 e. The summed E-state index contributed by atoms with van der Waals surface area (Å²) in [4.78, 5) is 18.1. The van der Waals surface area contributed by atoms with Crippen molar-refractivity contribution in [3.05, 3.63) is 39.8 Å². The van der Waals surface area contributed by atoms with E-state index in [9.17, 15) is 38.4 Å². The van der Waals surface area contributed by atoms with Gasteiger partial charge in [-0.3, -0.25) is 4.79 Å². The third-order valence-electron chi connectivity index (χ3n) is 3.82. The van der Waals surface area contributed by atoms with Crippen LogP contribution in [0, 0.1) is 0 Å². The molecular formula is C15H17F3N2O6. The zero-order valence-corrected chi connectivity index (χ0v) is 13.2. The zero-order chi connectivity index (χ0) is 19.6. The Kier molecular flexibility index (Phi) is 5.98. The fourth-order valence-corrected chi connectivity index (χ4v) is 2.32. The minimum atomic E-state index is -4.59. The van der Waals surface area contributed by atoms with Crippen LogP contribution in [0.25, 0.3) is 11.0 Å². The highest BCUT2D eigenvalue weighted by Crippen LogP contribution is 2.30. The molecule has 4 atom stereocenters. The van der Waals surface area contributed by atoms with E-state index in [-0.39, 0.29) is 16.7 Å². The summed E-state index contributed by atoms with van der Waals surface area (Å²) in [6.45, 7) is -0.860. The molecule has 2 rings (SSSR count). The first kappa shape index (κ1) is 20.3. The van der Waals surface area contributed by atoms with Gasteiger partial charge in [-0.1, -0.05) is 0 Å². The van der Waals surface area contributed by atoms with Crippen molar-refractivity contribution in [2.24, 2.45) is 0 Å². The number of nitrogens with one attached hydrogen (secondary N) is 1. The van der Waals surface area contributed by atoms with Gasteiger partial charge in [-0.15, -0.1) is 0 Å². The van der Waals surface area contributed by atoms with Crippen LogP contribution in [0.3, 0.4) is 0 Å². The molecule has 0 fully saturated rings. The molecule has 144 valence electrons. The molecule has 1 aromatic carbocycles. The fourth-order valence-electron chi connectivity index (χ4n) is 2.32. The number of fused-ring (bicyclic) bond motifs is 1. The number of aromatic amines is 1. The summed E-state index contributed by atoms with van der Waals surface area (Å²) in [5.74, 6) is 0. The molecule has 0 aliphatic heterocycles. The van der Waals surface area contributed by atoms with Gasteiger partial charge in [0.1, 0.15) is 24.0 Å². The third kappa shape index (κ3) is 4.37. The van der Waals surface area contributed by atoms with Crippen molar-refractivity contribution < 1.29 is 38.7 Å². The van der Waals surface area contributed by atoms with Crippen molar-refractivity contribution in [2.75, 3.05) is 6.61 Å². The SMILES string of the molecule is O=c1[nH]c2cc(C(F)(F)F)ccc2nc1CC(O)[C@@H](O)C(O)[C@H](O)CO. The highest BCUT2D eigenvalue weighted by atomic mass is 19.4. The molecule has 8 nitrogen and oxygen atoms in total. The molecule has 0 aliphatic carbocycles. The molecule has 0 bridgehead atoms. The quantitative estimate of drug-likeness (QED) is 0.375. The molecule has 0 saturated heterocycles. The summed E-state index contributed by atoms with van der Waals surface area (Å²) in [7, 11) is 0. The summed E-state index contributed by atoms with van der Waals surface area (Å²) in [5.41, 5.74) is -2.24. The van der Waals surface area contributed by atoms with E-state index in [0.717, 1.165) is 18.2 Å².